The number of ether oxygens (including phenoxy) is 10. The molecule has 0 aliphatic carbocycles. The molecule has 25 heteroatoms. The fraction of sp³-hybridized carbons (Fsp3) is 0.645. The molecule has 0 fully saturated rings. The van der Waals surface area contributed by atoms with Gasteiger partial charge in [-0.05, 0) is 57.9 Å². The maximum atomic E-state index is 13.9. The third-order valence-corrected chi connectivity index (χ3v) is 13.9. The van der Waals surface area contributed by atoms with Crippen molar-refractivity contribution in [2.75, 3.05) is 112 Å². The van der Waals surface area contributed by atoms with Gasteiger partial charge in [-0.3, -0.25) is 5.32 Å². The molecule has 0 bridgehead atoms. The Morgan fingerprint density at radius 2 is 0.724 bits per heavy atom. The van der Waals surface area contributed by atoms with E-state index < -0.39 is 96.3 Å². The van der Waals surface area contributed by atoms with Gasteiger partial charge in [-0.25, -0.2) is 52.1 Å². The average molecular weight is 1230 g/mol. The molecule has 25 nitrogen and oxygen atoms in total. The van der Waals surface area contributed by atoms with Crippen molar-refractivity contribution in [2.45, 2.75) is 130 Å². The minimum absolute atomic E-state index is 0.0305. The monoisotopic (exact) mass is 1230 g/mol. The minimum atomic E-state index is -1.51. The molecule has 1 unspecified atom stereocenters. The van der Waals surface area contributed by atoms with E-state index in [1.807, 2.05) is 13.8 Å². The summed E-state index contributed by atoms with van der Waals surface area (Å²) in [6.45, 7) is 30.9. The average Bonchev–Trinajstić information content (AvgIpc) is 3.72. The van der Waals surface area contributed by atoms with E-state index in [1.165, 1.54) is 0 Å². The van der Waals surface area contributed by atoms with Crippen LogP contribution in [0.15, 0.2) is 103 Å². The number of nitrogens with one attached hydrogen (secondary N) is 3. The maximum Gasteiger partial charge on any atom is 0.407 e. The van der Waals surface area contributed by atoms with E-state index in [-0.39, 0.29) is 39.4 Å². The van der Waals surface area contributed by atoms with Crippen LogP contribution in [0.3, 0.4) is 0 Å². The van der Waals surface area contributed by atoms with Crippen LogP contribution in [0.25, 0.3) is 0 Å². The molecule has 0 radical (unpaired) electrons. The molecule has 0 aromatic carbocycles. The molecule has 492 valence electrons. The summed E-state index contributed by atoms with van der Waals surface area (Å²) in [5.74, 6) is -2.48. The van der Waals surface area contributed by atoms with E-state index in [2.05, 4.69) is 62.0 Å². The molecule has 2 amide bonds. The van der Waals surface area contributed by atoms with Gasteiger partial charge in [0, 0.05) is 56.4 Å². The fourth-order valence-electron chi connectivity index (χ4n) is 8.36. The van der Waals surface area contributed by atoms with Crippen molar-refractivity contribution in [3.63, 3.8) is 0 Å². The topological polar surface area (TPSA) is 300 Å². The van der Waals surface area contributed by atoms with Gasteiger partial charge in [0.25, 0.3) is 0 Å². The van der Waals surface area contributed by atoms with Crippen LogP contribution in [-0.4, -0.2) is 167 Å². The number of unbranched alkanes of at least 4 members (excludes halogenated alkanes) is 9. The number of amides is 2. The van der Waals surface area contributed by atoms with Gasteiger partial charge >= 0.3 is 47.2 Å². The Bertz CT molecular complexity index is 2350. The molecule has 1 atom stereocenters. The Labute approximate surface area is 512 Å². The van der Waals surface area contributed by atoms with E-state index in [4.69, 9.17) is 47.4 Å². The second kappa shape index (κ2) is 47.3. The highest BCUT2D eigenvalue weighted by atomic mass is 16.6. The number of aliphatic hydroxyl groups excluding tert-OH is 1. The smallest absolute Gasteiger partial charge is 0.407 e. The summed E-state index contributed by atoms with van der Waals surface area (Å²) < 4.78 is 58.4. The minimum Gasteiger partial charge on any atom is -0.462 e. The van der Waals surface area contributed by atoms with E-state index in [9.17, 15) is 43.5 Å². The normalized spacial score (nSPS) is 11.8. The number of esters is 3. The summed E-state index contributed by atoms with van der Waals surface area (Å²) in [6.07, 6.45) is 14.7. The summed E-state index contributed by atoms with van der Waals surface area (Å²) in [6, 6.07) is 0. The Kier molecular flexibility index (Phi) is 42.6. The van der Waals surface area contributed by atoms with E-state index in [1.54, 1.807) is 24.3 Å². The molecule has 1 aromatic rings. The van der Waals surface area contributed by atoms with Gasteiger partial charge < -0.3 is 63.1 Å². The number of carbonyl (C=O) groups excluding carboxylic acids is 5. The lowest BCUT2D eigenvalue weighted by Crippen LogP contribution is -2.54. The second-order valence-corrected chi connectivity index (χ2v) is 21.0. The van der Waals surface area contributed by atoms with Crippen LogP contribution in [-0.2, 0) is 81.4 Å². The first kappa shape index (κ1) is 78.3. The maximum absolute atomic E-state index is 13.9. The SMILES string of the molecule is C=CCOCC(CC)(COCC=C)COC(=O)NCCCCCCn1c(=O)n(CCCCCCNC(=O)OCC(COC(=O)C=C)(COC(=O)C=C)COC(=O)C=C)c(=O)n(CCCCCCNC(O)OCC(CC)(COCC=C)COCC=C)c1=O. The fourth-order valence-corrected chi connectivity index (χ4v) is 8.36. The standard InChI is InChI=1S/C62H100N6O19/c1-10-37-78-41-60(17-8,42-79-38-11-2)45-85-54(72)63-31-25-19-22-28-34-66-57(75)67(35-29-23-20-26-32-64-55(73)86-46-61(18-9,43-80-39-12-3)44-81-40-13-4)59(77)68(58(66)76)36-30-24-21-27-33-65-56(74)87-50-62(47-82-51(69)14-5,48-83-52(70)15-6)49-84-53(71)16-7/h10-16,54,63,72H,1-7,17-50H2,8-9H3,(H,64,73)(H,65,74). The largest absolute Gasteiger partial charge is 0.462 e. The number of rotatable bonds is 56. The van der Waals surface area contributed by atoms with Crippen LogP contribution in [0, 0.1) is 16.2 Å². The highest BCUT2D eigenvalue weighted by molar-refractivity contribution is 5.82. The summed E-state index contributed by atoms with van der Waals surface area (Å²) in [5.41, 5.74) is -4.68. The van der Waals surface area contributed by atoms with E-state index >= 15 is 0 Å². The number of hydrogen-bond acceptors (Lipinski definition) is 20. The van der Waals surface area contributed by atoms with Crippen LogP contribution in [0.4, 0.5) is 9.59 Å². The lowest BCUT2D eigenvalue weighted by molar-refractivity contribution is -0.162. The molecular formula is C62H100N6O19. The van der Waals surface area contributed by atoms with Crippen molar-refractivity contribution in [3.05, 3.63) is 120 Å². The molecule has 0 aliphatic heterocycles. The van der Waals surface area contributed by atoms with E-state index in [0.717, 1.165) is 31.9 Å². The molecule has 1 rings (SSSR count). The van der Waals surface area contributed by atoms with Crippen LogP contribution < -0.4 is 33.0 Å². The predicted octanol–water partition coefficient (Wildman–Crippen LogP) is 5.96. The number of alkyl carbamates (subject to hydrolysis) is 2. The lowest BCUT2D eigenvalue weighted by atomic mass is 9.88. The van der Waals surface area contributed by atoms with Crippen molar-refractivity contribution in [1.29, 1.82) is 0 Å². The molecular weight excluding hydrogens is 1130 g/mol. The number of hydrogen-bond donors (Lipinski definition) is 4. The molecule has 0 saturated carbocycles. The quantitative estimate of drug-likeness (QED) is 0.0146. The number of nitrogens with zero attached hydrogens (tertiary/aromatic N) is 3. The van der Waals surface area contributed by atoms with Crippen LogP contribution in [0.5, 0.6) is 0 Å². The van der Waals surface area contributed by atoms with Gasteiger partial charge in [0.05, 0.1) is 64.9 Å². The van der Waals surface area contributed by atoms with Crippen LogP contribution in [0.2, 0.25) is 0 Å². The van der Waals surface area contributed by atoms with Crippen molar-refractivity contribution in [2.24, 2.45) is 16.2 Å². The molecule has 0 saturated heterocycles. The van der Waals surface area contributed by atoms with E-state index in [0.29, 0.717) is 156 Å². The van der Waals surface area contributed by atoms with Crippen molar-refractivity contribution in [1.82, 2.24) is 29.7 Å². The van der Waals surface area contributed by atoms with Gasteiger partial charge in [0.1, 0.15) is 38.4 Å². The molecule has 87 heavy (non-hydrogen) atoms. The van der Waals surface area contributed by atoms with Crippen LogP contribution in [0.1, 0.15) is 104 Å². The zero-order chi connectivity index (χ0) is 64.6. The molecule has 4 N–H and O–H groups in total. The summed E-state index contributed by atoms with van der Waals surface area (Å²) in [4.78, 5) is 103. The number of carbonyl (C=O) groups is 5. The molecule has 1 heterocycles. The highest BCUT2D eigenvalue weighted by Crippen LogP contribution is 2.26. The zero-order valence-electron chi connectivity index (χ0n) is 51.7. The molecule has 0 aliphatic rings. The van der Waals surface area contributed by atoms with Gasteiger partial charge in [-0.2, -0.15) is 0 Å². The van der Waals surface area contributed by atoms with Crippen molar-refractivity contribution < 1.29 is 76.4 Å². The third-order valence-electron chi connectivity index (χ3n) is 13.9. The lowest BCUT2D eigenvalue weighted by Gasteiger charge is -2.32. The Morgan fingerprint density at radius 3 is 1.05 bits per heavy atom. The Morgan fingerprint density at radius 1 is 0.425 bits per heavy atom. The molecule has 1 aromatic heterocycles. The van der Waals surface area contributed by atoms with Gasteiger partial charge in [0.15, 0.2) is 0 Å². The van der Waals surface area contributed by atoms with Gasteiger partial charge in [-0.1, -0.05) is 96.4 Å². The van der Waals surface area contributed by atoms with Gasteiger partial charge in [0.2, 0.25) is 6.41 Å². The Hall–Kier alpha value is -6.74. The number of aliphatic hydroxyl groups is 1. The Balaban J connectivity index is 3.03. The van der Waals surface area contributed by atoms with Crippen molar-refractivity contribution in [3.8, 4) is 0 Å². The summed E-state index contributed by atoms with van der Waals surface area (Å²) in [5, 5.41) is 19.0. The second-order valence-electron chi connectivity index (χ2n) is 21.0. The molecule has 0 spiro atoms. The first-order chi connectivity index (χ1) is 41.9. The first-order valence-electron chi connectivity index (χ1n) is 29.8. The highest BCUT2D eigenvalue weighted by Gasteiger charge is 2.38. The number of aromatic nitrogens is 3. The zero-order valence-corrected chi connectivity index (χ0v) is 51.7. The third kappa shape index (κ3) is 33.3. The first-order valence-corrected chi connectivity index (χ1v) is 29.8. The summed E-state index contributed by atoms with van der Waals surface area (Å²) >= 11 is 0. The van der Waals surface area contributed by atoms with Crippen molar-refractivity contribution >= 4 is 30.1 Å². The summed E-state index contributed by atoms with van der Waals surface area (Å²) in [7, 11) is 0. The predicted molar refractivity (Wildman–Crippen MR) is 329 cm³/mol. The van der Waals surface area contributed by atoms with Gasteiger partial charge in [-0.15, -0.1) is 26.3 Å². The van der Waals surface area contributed by atoms with Crippen LogP contribution >= 0.6 is 0 Å².